The van der Waals surface area contributed by atoms with E-state index in [1.165, 1.54) is 5.39 Å². The van der Waals surface area contributed by atoms with E-state index in [4.69, 9.17) is 10.3 Å². The van der Waals surface area contributed by atoms with Gasteiger partial charge in [0.1, 0.15) is 5.76 Å². The Morgan fingerprint density at radius 1 is 1.35 bits per heavy atom. The lowest BCUT2D eigenvalue weighted by Crippen LogP contribution is -2.30. The Kier molecular flexibility index (Phi) is 3.04. The smallest absolute Gasteiger partial charge is 0.301 e. The van der Waals surface area contributed by atoms with E-state index < -0.39 is 5.91 Å². The quantitative estimate of drug-likeness (QED) is 0.435. The molecule has 5 heteroatoms. The van der Waals surface area contributed by atoms with Crippen LogP contribution in [0.5, 0.6) is 0 Å². The lowest BCUT2D eigenvalue weighted by Gasteiger charge is -2.02. The van der Waals surface area contributed by atoms with Gasteiger partial charge in [-0.3, -0.25) is 10.2 Å². The molecule has 0 bridgehead atoms. The van der Waals surface area contributed by atoms with Crippen molar-refractivity contribution in [2.75, 3.05) is 0 Å². The van der Waals surface area contributed by atoms with E-state index in [2.05, 4.69) is 28.2 Å². The molecule has 0 radical (unpaired) electrons. The molecule has 2 aromatic heterocycles. The molecule has 0 aliphatic carbocycles. The van der Waals surface area contributed by atoms with Crippen LogP contribution in [-0.2, 0) is 6.54 Å². The van der Waals surface area contributed by atoms with Crippen molar-refractivity contribution in [1.82, 2.24) is 9.99 Å². The van der Waals surface area contributed by atoms with E-state index in [-0.39, 0.29) is 5.76 Å². The number of hydrogen-bond donors (Lipinski definition) is 2. The molecule has 0 spiro atoms. The van der Waals surface area contributed by atoms with Gasteiger partial charge < -0.3 is 8.98 Å². The number of benzene rings is 1. The maximum atomic E-state index is 11.5. The van der Waals surface area contributed by atoms with Gasteiger partial charge in [-0.25, -0.2) is 5.84 Å². The van der Waals surface area contributed by atoms with Crippen LogP contribution in [-0.4, -0.2) is 10.5 Å². The number of amides is 1. The first-order valence-electron chi connectivity index (χ1n) is 6.33. The van der Waals surface area contributed by atoms with Crippen LogP contribution in [0, 0.1) is 6.92 Å². The Bertz CT molecular complexity index is 770. The molecular weight excluding hydrogens is 254 g/mol. The SMILES string of the molecule is Cc1cc(Cn2ccc3ccccc32)oc1C(=O)NN. The van der Waals surface area contributed by atoms with Crippen LogP contribution in [0.25, 0.3) is 10.9 Å². The lowest BCUT2D eigenvalue weighted by molar-refractivity contribution is 0.0923. The maximum Gasteiger partial charge on any atom is 0.301 e. The predicted octanol–water partition coefficient (Wildman–Crippen LogP) is 2.19. The van der Waals surface area contributed by atoms with Crippen LogP contribution in [0.1, 0.15) is 21.9 Å². The van der Waals surface area contributed by atoms with Gasteiger partial charge in [0.2, 0.25) is 0 Å². The number of hydrazine groups is 1. The van der Waals surface area contributed by atoms with Crippen LogP contribution in [0.15, 0.2) is 47.0 Å². The summed E-state index contributed by atoms with van der Waals surface area (Å²) in [7, 11) is 0. The molecule has 0 atom stereocenters. The minimum atomic E-state index is -0.411. The van der Waals surface area contributed by atoms with Gasteiger partial charge in [-0.2, -0.15) is 0 Å². The summed E-state index contributed by atoms with van der Waals surface area (Å²) >= 11 is 0. The van der Waals surface area contributed by atoms with Crippen molar-refractivity contribution >= 4 is 16.8 Å². The number of nitrogen functional groups attached to an aromatic ring is 1. The molecule has 5 nitrogen and oxygen atoms in total. The van der Waals surface area contributed by atoms with Gasteiger partial charge in [0, 0.05) is 17.3 Å². The van der Waals surface area contributed by atoms with Crippen molar-refractivity contribution in [1.29, 1.82) is 0 Å². The molecule has 0 aliphatic heterocycles. The Morgan fingerprint density at radius 3 is 2.95 bits per heavy atom. The Balaban J connectivity index is 1.93. The van der Waals surface area contributed by atoms with Gasteiger partial charge >= 0.3 is 5.91 Å². The fourth-order valence-electron chi connectivity index (χ4n) is 2.36. The van der Waals surface area contributed by atoms with Crippen LogP contribution in [0.2, 0.25) is 0 Å². The van der Waals surface area contributed by atoms with Crippen molar-refractivity contribution in [3.8, 4) is 0 Å². The fraction of sp³-hybridized carbons (Fsp3) is 0.133. The molecule has 3 rings (SSSR count). The molecule has 1 amide bonds. The molecule has 20 heavy (non-hydrogen) atoms. The normalized spacial score (nSPS) is 10.9. The summed E-state index contributed by atoms with van der Waals surface area (Å²) in [6, 6.07) is 12.0. The summed E-state index contributed by atoms with van der Waals surface area (Å²) in [5, 5.41) is 1.18. The van der Waals surface area contributed by atoms with Crippen molar-refractivity contribution in [2.45, 2.75) is 13.5 Å². The zero-order chi connectivity index (χ0) is 14.1. The Morgan fingerprint density at radius 2 is 2.15 bits per heavy atom. The standard InChI is InChI=1S/C15H15N3O2/c1-10-8-12(20-14(10)15(19)17-16)9-18-7-6-11-4-2-3-5-13(11)18/h2-8H,9,16H2,1H3,(H,17,19). The number of carbonyl (C=O) groups excluding carboxylic acids is 1. The highest BCUT2D eigenvalue weighted by Crippen LogP contribution is 2.20. The average Bonchev–Trinajstić information content (AvgIpc) is 3.03. The van der Waals surface area contributed by atoms with Crippen molar-refractivity contribution < 1.29 is 9.21 Å². The zero-order valence-corrected chi connectivity index (χ0v) is 11.1. The van der Waals surface area contributed by atoms with Crippen molar-refractivity contribution in [2.24, 2.45) is 5.84 Å². The van der Waals surface area contributed by atoms with E-state index in [1.54, 1.807) is 0 Å². The maximum absolute atomic E-state index is 11.5. The molecular formula is C15H15N3O2. The summed E-state index contributed by atoms with van der Waals surface area (Å²) < 4.78 is 7.66. The van der Waals surface area contributed by atoms with Gasteiger partial charge in [-0.05, 0) is 30.5 Å². The summed E-state index contributed by atoms with van der Waals surface area (Å²) in [6.45, 7) is 2.40. The number of nitrogens with two attached hydrogens (primary N) is 1. The number of furan rings is 1. The molecule has 102 valence electrons. The summed E-state index contributed by atoms with van der Waals surface area (Å²) in [6.07, 6.45) is 2.01. The van der Waals surface area contributed by atoms with Gasteiger partial charge in [0.25, 0.3) is 0 Å². The molecule has 0 unspecified atom stereocenters. The van der Waals surface area contributed by atoms with Crippen LogP contribution < -0.4 is 11.3 Å². The summed E-state index contributed by atoms with van der Waals surface area (Å²) in [5.41, 5.74) is 3.99. The first-order chi connectivity index (χ1) is 9.69. The van der Waals surface area contributed by atoms with Crippen LogP contribution in [0.4, 0.5) is 0 Å². The highest BCUT2D eigenvalue weighted by atomic mass is 16.4. The second-order valence-corrected chi connectivity index (χ2v) is 4.70. The highest BCUT2D eigenvalue weighted by Gasteiger charge is 2.15. The molecule has 2 heterocycles. The number of carbonyl (C=O) groups is 1. The Labute approximate surface area is 115 Å². The highest BCUT2D eigenvalue weighted by molar-refractivity contribution is 5.92. The minimum Gasteiger partial charge on any atom is -0.454 e. The molecule has 3 aromatic rings. The van der Waals surface area contributed by atoms with Crippen LogP contribution in [0.3, 0.4) is 0 Å². The number of fused-ring (bicyclic) bond motifs is 1. The number of nitrogens with one attached hydrogen (secondary N) is 1. The van der Waals surface area contributed by atoms with Gasteiger partial charge in [0.15, 0.2) is 5.76 Å². The predicted molar refractivity (Wildman–Crippen MR) is 76.1 cm³/mol. The van der Waals surface area contributed by atoms with Crippen LogP contribution >= 0.6 is 0 Å². The third-order valence-electron chi connectivity index (χ3n) is 3.31. The number of para-hydroxylation sites is 1. The Hall–Kier alpha value is -2.53. The minimum absolute atomic E-state index is 0.263. The van der Waals surface area contributed by atoms with Gasteiger partial charge in [-0.15, -0.1) is 0 Å². The molecule has 0 aliphatic rings. The van der Waals surface area contributed by atoms with Gasteiger partial charge in [-0.1, -0.05) is 18.2 Å². The molecule has 0 saturated carbocycles. The topological polar surface area (TPSA) is 73.2 Å². The summed E-state index contributed by atoms with van der Waals surface area (Å²) in [5.74, 6) is 5.70. The molecule has 0 saturated heterocycles. The summed E-state index contributed by atoms with van der Waals surface area (Å²) in [4.78, 5) is 11.5. The second kappa shape index (κ2) is 4.86. The molecule has 3 N–H and O–H groups in total. The third kappa shape index (κ3) is 2.08. The van der Waals surface area contributed by atoms with E-state index in [0.29, 0.717) is 6.54 Å². The van der Waals surface area contributed by atoms with Crippen molar-refractivity contribution in [3.05, 3.63) is 59.7 Å². The number of rotatable bonds is 3. The van der Waals surface area contributed by atoms with E-state index in [1.807, 2.05) is 31.3 Å². The zero-order valence-electron chi connectivity index (χ0n) is 11.1. The average molecular weight is 269 g/mol. The second-order valence-electron chi connectivity index (χ2n) is 4.70. The van der Waals surface area contributed by atoms with E-state index in [0.717, 1.165) is 16.8 Å². The largest absolute Gasteiger partial charge is 0.454 e. The lowest BCUT2D eigenvalue weighted by atomic mass is 10.2. The number of aryl methyl sites for hydroxylation is 1. The monoisotopic (exact) mass is 269 g/mol. The number of nitrogens with zero attached hydrogens (tertiary/aromatic N) is 1. The fourth-order valence-corrected chi connectivity index (χ4v) is 2.36. The van der Waals surface area contributed by atoms with E-state index >= 15 is 0 Å². The van der Waals surface area contributed by atoms with Crippen molar-refractivity contribution in [3.63, 3.8) is 0 Å². The molecule has 0 fully saturated rings. The number of aromatic nitrogens is 1. The van der Waals surface area contributed by atoms with E-state index in [9.17, 15) is 4.79 Å². The molecule has 1 aromatic carbocycles. The first-order valence-corrected chi connectivity index (χ1v) is 6.33. The van der Waals surface area contributed by atoms with Gasteiger partial charge in [0.05, 0.1) is 6.54 Å². The number of hydrogen-bond acceptors (Lipinski definition) is 3. The first kappa shape index (κ1) is 12.5. The third-order valence-corrected chi connectivity index (χ3v) is 3.31.